The van der Waals surface area contributed by atoms with E-state index in [-0.39, 0.29) is 19.1 Å². The lowest BCUT2D eigenvalue weighted by Gasteiger charge is -2.46. The van der Waals surface area contributed by atoms with Gasteiger partial charge in [-0.15, -0.1) is 0 Å². The van der Waals surface area contributed by atoms with Crippen LogP contribution in [-0.4, -0.2) is 76.9 Å². The molecule has 234 valence electrons. The Morgan fingerprint density at radius 1 is 1.16 bits per heavy atom. The average Bonchev–Trinajstić information content (AvgIpc) is 3.02. The summed E-state index contributed by atoms with van der Waals surface area (Å²) in [5, 5.41) is 10.6. The zero-order valence-corrected chi connectivity index (χ0v) is 24.5. The number of pyridine rings is 1. The summed E-state index contributed by atoms with van der Waals surface area (Å²) in [5.41, 5.74) is -1.27. The molecular weight excluding hydrogens is 563 g/mol. The van der Waals surface area contributed by atoms with Crippen molar-refractivity contribution in [1.82, 2.24) is 14.8 Å². The first-order chi connectivity index (χ1) is 20.7. The molecule has 2 saturated heterocycles. The van der Waals surface area contributed by atoms with E-state index < -0.39 is 40.6 Å². The molecule has 1 N–H and O–H groups in total. The number of rotatable bonds is 11. The van der Waals surface area contributed by atoms with Gasteiger partial charge >= 0.3 is 6.18 Å². The Kier molecular flexibility index (Phi) is 10.8. The number of benzene rings is 1. The molecule has 2 aliphatic rings. The van der Waals surface area contributed by atoms with Crippen molar-refractivity contribution in [3.63, 3.8) is 0 Å². The van der Waals surface area contributed by atoms with Gasteiger partial charge in [-0.05, 0) is 50.7 Å². The van der Waals surface area contributed by atoms with Crippen LogP contribution in [0, 0.1) is 5.92 Å². The van der Waals surface area contributed by atoms with Crippen LogP contribution in [0.2, 0.25) is 0 Å². The molecule has 0 aliphatic carbocycles. The minimum absolute atomic E-state index is 0.108. The van der Waals surface area contributed by atoms with E-state index in [1.807, 2.05) is 31.2 Å². The Labute approximate surface area is 250 Å². The van der Waals surface area contributed by atoms with Crippen LogP contribution in [0.5, 0.6) is 5.75 Å². The van der Waals surface area contributed by atoms with Gasteiger partial charge in [-0.3, -0.25) is 14.6 Å². The number of carbonyl (C=O) groups is 3. The second-order valence-corrected chi connectivity index (χ2v) is 11.4. The first-order valence-corrected chi connectivity index (χ1v) is 15.0. The molecule has 11 heteroatoms. The fraction of sp³-hybridized carbons (Fsp3) is 0.562. The number of hydrogen-bond acceptors (Lipinski definition) is 6. The summed E-state index contributed by atoms with van der Waals surface area (Å²) in [6.07, 6.45) is 2.33. The first-order valence-electron chi connectivity index (χ1n) is 15.0. The molecule has 0 bridgehead atoms. The molecule has 2 fully saturated rings. The summed E-state index contributed by atoms with van der Waals surface area (Å²) in [5.74, 6) is -0.735. The number of halogens is 3. The van der Waals surface area contributed by atoms with Gasteiger partial charge in [-0.1, -0.05) is 31.5 Å². The van der Waals surface area contributed by atoms with Crippen molar-refractivity contribution in [3.8, 4) is 5.75 Å². The topological polar surface area (TPSA) is 100 Å². The van der Waals surface area contributed by atoms with E-state index in [0.29, 0.717) is 76.8 Å². The summed E-state index contributed by atoms with van der Waals surface area (Å²) >= 11 is 0. The van der Waals surface area contributed by atoms with Gasteiger partial charge in [0, 0.05) is 55.5 Å². The number of aromatic nitrogens is 1. The molecule has 0 spiro atoms. The van der Waals surface area contributed by atoms with Crippen LogP contribution in [0.1, 0.15) is 79.8 Å². The molecule has 3 heterocycles. The number of aliphatic hydroxyl groups excluding tert-OH is 1. The maximum absolute atomic E-state index is 14.0. The quantitative estimate of drug-likeness (QED) is 0.286. The number of alkyl halides is 3. The van der Waals surface area contributed by atoms with Gasteiger partial charge in [0.2, 0.25) is 5.91 Å². The van der Waals surface area contributed by atoms with E-state index in [4.69, 9.17) is 4.74 Å². The molecule has 2 aromatic rings. The van der Waals surface area contributed by atoms with Crippen LogP contribution in [-0.2, 0) is 21.2 Å². The van der Waals surface area contributed by atoms with E-state index in [9.17, 15) is 32.7 Å². The van der Waals surface area contributed by atoms with E-state index in [0.717, 1.165) is 30.3 Å². The lowest BCUT2D eigenvalue weighted by Crippen LogP contribution is -2.55. The first kappa shape index (κ1) is 32.4. The van der Waals surface area contributed by atoms with Crippen molar-refractivity contribution >= 4 is 18.1 Å². The Balaban J connectivity index is 1.50. The summed E-state index contributed by atoms with van der Waals surface area (Å²) in [6, 6.07) is 7.81. The highest BCUT2D eigenvalue weighted by atomic mass is 19.4. The second-order valence-electron chi connectivity index (χ2n) is 11.4. The lowest BCUT2D eigenvalue weighted by molar-refractivity contribution is -0.141. The van der Waals surface area contributed by atoms with Crippen molar-refractivity contribution in [2.75, 3.05) is 32.8 Å². The van der Waals surface area contributed by atoms with Crippen molar-refractivity contribution < 1.29 is 37.4 Å². The maximum Gasteiger partial charge on any atom is 0.417 e. The van der Waals surface area contributed by atoms with Crippen molar-refractivity contribution in [2.45, 2.75) is 75.9 Å². The highest BCUT2D eigenvalue weighted by Crippen LogP contribution is 2.41. The van der Waals surface area contributed by atoms with Gasteiger partial charge in [0.05, 0.1) is 30.3 Å². The second kappa shape index (κ2) is 14.3. The van der Waals surface area contributed by atoms with Gasteiger partial charge in [0.25, 0.3) is 5.91 Å². The Morgan fingerprint density at radius 3 is 2.58 bits per heavy atom. The largest absolute Gasteiger partial charge is 0.493 e. The highest BCUT2D eigenvalue weighted by molar-refractivity contribution is 5.96. The molecule has 0 saturated carbocycles. The third kappa shape index (κ3) is 7.20. The van der Waals surface area contributed by atoms with Crippen molar-refractivity contribution in [1.29, 1.82) is 0 Å². The van der Waals surface area contributed by atoms with Crippen LogP contribution in [0.3, 0.4) is 0 Å². The number of nitrogens with zero attached hydrogens (tertiary/aromatic N) is 3. The number of carbonyl (C=O) groups excluding carboxylic acids is 3. The molecule has 8 nitrogen and oxygen atoms in total. The number of likely N-dealkylation sites (tertiary alicyclic amines) is 2. The van der Waals surface area contributed by atoms with Gasteiger partial charge in [-0.25, -0.2) is 0 Å². The van der Waals surface area contributed by atoms with Crippen LogP contribution in [0.4, 0.5) is 13.2 Å². The summed E-state index contributed by atoms with van der Waals surface area (Å²) in [7, 11) is 0. The molecule has 1 aromatic carbocycles. The van der Waals surface area contributed by atoms with Crippen LogP contribution >= 0.6 is 0 Å². The summed E-state index contributed by atoms with van der Waals surface area (Å²) in [4.78, 5) is 45.2. The number of piperidine rings is 2. The highest BCUT2D eigenvalue weighted by Gasteiger charge is 2.45. The van der Waals surface area contributed by atoms with Crippen molar-refractivity contribution in [3.05, 3.63) is 59.4 Å². The van der Waals surface area contributed by atoms with Gasteiger partial charge in [-0.2, -0.15) is 13.2 Å². The normalized spacial score (nSPS) is 20.5. The number of amides is 2. The minimum Gasteiger partial charge on any atom is -0.493 e. The van der Waals surface area contributed by atoms with Gasteiger partial charge in [0.1, 0.15) is 12.0 Å². The number of ether oxygens (including phenoxy) is 1. The molecule has 2 atom stereocenters. The third-order valence-electron chi connectivity index (χ3n) is 8.82. The number of unbranched alkanes of at least 4 members (excludes halogenated alkanes) is 1. The molecule has 1 aromatic heterocycles. The average molecular weight is 604 g/mol. The zero-order chi connectivity index (χ0) is 31.0. The number of hydrogen-bond donors (Lipinski definition) is 1. The maximum atomic E-state index is 14.0. The molecule has 0 radical (unpaired) electrons. The summed E-state index contributed by atoms with van der Waals surface area (Å²) in [6.45, 7) is 3.24. The predicted octanol–water partition coefficient (Wildman–Crippen LogP) is 5.03. The van der Waals surface area contributed by atoms with Gasteiger partial charge in [0.15, 0.2) is 0 Å². The minimum atomic E-state index is -4.70. The standard InChI is InChI=1S/C32H40F3N3O5/c1-2-8-27-23(9-7-16-38(27)30(42)24-21-36-15-12-25(24)32(33,34)35)29(41)37-17-13-31(22-40,14-18-37)26-10-3-4-11-28(26)43-20-6-5-19-39/h3-4,10-12,15,19,21,23,27,40H,2,5-9,13-14,16-18,20,22H2,1H3. The fourth-order valence-electron chi connectivity index (χ4n) is 6.50. The lowest BCUT2D eigenvalue weighted by atomic mass is 9.72. The van der Waals surface area contributed by atoms with Crippen molar-refractivity contribution in [2.24, 2.45) is 5.92 Å². The van der Waals surface area contributed by atoms with E-state index in [1.165, 1.54) is 4.90 Å². The van der Waals surface area contributed by atoms with Crippen LogP contribution in [0.15, 0.2) is 42.7 Å². The van der Waals surface area contributed by atoms with E-state index in [2.05, 4.69) is 4.98 Å². The molecular formula is C32H40F3N3O5. The molecule has 43 heavy (non-hydrogen) atoms. The SMILES string of the molecule is CCCC1C(C(=O)N2CCC(CO)(c3ccccc3OCCCC=O)CC2)CCCN1C(=O)c1cnccc1C(F)(F)F. The summed E-state index contributed by atoms with van der Waals surface area (Å²) < 4.78 is 47.1. The molecule has 4 rings (SSSR count). The number of aldehydes is 1. The third-order valence-corrected chi connectivity index (χ3v) is 8.82. The van der Waals surface area contributed by atoms with Crippen LogP contribution < -0.4 is 4.74 Å². The monoisotopic (exact) mass is 603 g/mol. The fourth-order valence-corrected chi connectivity index (χ4v) is 6.50. The number of para-hydroxylation sites is 1. The molecule has 2 amide bonds. The van der Waals surface area contributed by atoms with E-state index >= 15 is 0 Å². The molecule has 2 unspecified atom stereocenters. The molecule has 2 aliphatic heterocycles. The van der Waals surface area contributed by atoms with Crippen LogP contribution in [0.25, 0.3) is 0 Å². The Bertz CT molecular complexity index is 1260. The number of aliphatic hydroxyl groups is 1. The Hall–Kier alpha value is -3.47. The predicted molar refractivity (Wildman–Crippen MR) is 154 cm³/mol. The van der Waals surface area contributed by atoms with Gasteiger partial charge < -0.3 is 24.4 Å². The van der Waals surface area contributed by atoms with E-state index in [1.54, 1.807) is 4.90 Å². The smallest absolute Gasteiger partial charge is 0.417 e. The Morgan fingerprint density at radius 2 is 1.91 bits per heavy atom. The zero-order valence-electron chi connectivity index (χ0n) is 24.5.